The fourth-order valence-electron chi connectivity index (χ4n) is 5.08. The van der Waals surface area contributed by atoms with Crippen LogP contribution in [0.25, 0.3) is 0 Å². The summed E-state index contributed by atoms with van der Waals surface area (Å²) in [5.74, 6) is -0.0834. The lowest BCUT2D eigenvalue weighted by Gasteiger charge is -2.50. The van der Waals surface area contributed by atoms with Crippen molar-refractivity contribution < 1.29 is 19.1 Å². The van der Waals surface area contributed by atoms with Crippen molar-refractivity contribution in [2.45, 2.75) is 141 Å². The zero-order valence-electron chi connectivity index (χ0n) is 19.7. The summed E-state index contributed by atoms with van der Waals surface area (Å²) in [5, 5.41) is 0. The van der Waals surface area contributed by atoms with E-state index in [4.69, 9.17) is 9.47 Å². The number of hydrogen-bond acceptors (Lipinski definition) is 5. The van der Waals surface area contributed by atoms with Gasteiger partial charge in [-0.3, -0.25) is 14.5 Å². The van der Waals surface area contributed by atoms with E-state index in [-0.39, 0.29) is 36.2 Å². The molecule has 2 saturated heterocycles. The maximum absolute atomic E-state index is 12.3. The first-order chi connectivity index (χ1) is 14.6. The van der Waals surface area contributed by atoms with Crippen LogP contribution in [0.3, 0.4) is 0 Å². The van der Waals surface area contributed by atoms with Crippen molar-refractivity contribution in [2.24, 2.45) is 0 Å². The second-order valence-electron chi connectivity index (χ2n) is 9.34. The fourth-order valence-corrected chi connectivity index (χ4v) is 5.08. The summed E-state index contributed by atoms with van der Waals surface area (Å²) in [5.41, 5.74) is 0. The molecule has 2 aliphatic heterocycles. The Labute approximate surface area is 184 Å². The molecule has 0 aromatic carbocycles. The van der Waals surface area contributed by atoms with Crippen LogP contribution in [0.15, 0.2) is 0 Å². The van der Waals surface area contributed by atoms with Gasteiger partial charge in [0, 0.05) is 24.9 Å². The number of piperidine rings is 2. The third-order valence-electron chi connectivity index (χ3n) is 6.93. The van der Waals surface area contributed by atoms with Crippen molar-refractivity contribution in [3.63, 3.8) is 0 Å². The summed E-state index contributed by atoms with van der Waals surface area (Å²) in [6, 6.07) is 0.522. The highest BCUT2D eigenvalue weighted by Gasteiger charge is 2.45. The minimum atomic E-state index is -0.0417. The predicted octanol–water partition coefficient (Wildman–Crippen LogP) is 5.79. The molecule has 174 valence electrons. The van der Waals surface area contributed by atoms with E-state index < -0.39 is 0 Å². The lowest BCUT2D eigenvalue weighted by Crippen LogP contribution is -2.60. The molecule has 0 aromatic heterocycles. The van der Waals surface area contributed by atoms with Crippen molar-refractivity contribution in [2.75, 3.05) is 7.05 Å². The Morgan fingerprint density at radius 1 is 0.667 bits per heavy atom. The summed E-state index contributed by atoms with van der Waals surface area (Å²) in [7, 11) is 2.10. The SMILES string of the molecule is CCCCCCCC(=O)OC1CCC2C(OC(=O)CCCCCCC)CCC1N2C. The number of nitrogens with zero attached hydrogens (tertiary/aromatic N) is 1. The van der Waals surface area contributed by atoms with Crippen LogP contribution in [0.2, 0.25) is 0 Å². The molecule has 30 heavy (non-hydrogen) atoms. The molecule has 5 heteroatoms. The smallest absolute Gasteiger partial charge is 0.306 e. The van der Waals surface area contributed by atoms with Gasteiger partial charge in [0.2, 0.25) is 0 Å². The second-order valence-corrected chi connectivity index (χ2v) is 9.34. The zero-order chi connectivity index (χ0) is 21.8. The van der Waals surface area contributed by atoms with Crippen LogP contribution in [0.5, 0.6) is 0 Å². The molecule has 2 rings (SSSR count). The molecule has 2 heterocycles. The maximum atomic E-state index is 12.3. The summed E-state index contributed by atoms with van der Waals surface area (Å²) in [6.07, 6.45) is 16.1. The van der Waals surface area contributed by atoms with Crippen molar-refractivity contribution in [3.8, 4) is 0 Å². The molecule has 5 nitrogen and oxygen atoms in total. The lowest BCUT2D eigenvalue weighted by molar-refractivity contribution is -0.171. The second kappa shape index (κ2) is 14.1. The highest BCUT2D eigenvalue weighted by Crippen LogP contribution is 2.36. The van der Waals surface area contributed by atoms with E-state index in [0.29, 0.717) is 12.8 Å². The number of hydrogen-bond donors (Lipinski definition) is 0. The number of carbonyl (C=O) groups is 2. The van der Waals surface area contributed by atoms with E-state index in [1.807, 2.05) is 0 Å². The van der Waals surface area contributed by atoms with Gasteiger partial charge in [0.25, 0.3) is 0 Å². The first-order valence-electron chi connectivity index (χ1n) is 12.7. The summed E-state index contributed by atoms with van der Waals surface area (Å²) < 4.78 is 11.7. The van der Waals surface area contributed by atoms with E-state index in [1.54, 1.807) is 0 Å². The minimum absolute atomic E-state index is 0.00962. The Bertz CT molecular complexity index is 465. The van der Waals surface area contributed by atoms with Crippen LogP contribution in [0, 0.1) is 0 Å². The van der Waals surface area contributed by atoms with E-state index >= 15 is 0 Å². The summed E-state index contributed by atoms with van der Waals surface area (Å²) in [4.78, 5) is 26.9. The first-order valence-corrected chi connectivity index (χ1v) is 12.7. The van der Waals surface area contributed by atoms with E-state index in [9.17, 15) is 9.59 Å². The molecule has 4 atom stereocenters. The standard InChI is InChI=1S/C25H45NO4/c1-4-6-8-10-12-14-24(27)29-22-18-16-21-23(19-17-20(22)26(21)3)30-25(28)15-13-11-9-7-5-2/h20-23H,4-19H2,1-3H3. The van der Waals surface area contributed by atoms with Crippen molar-refractivity contribution >= 4 is 11.9 Å². The molecule has 2 aliphatic rings. The fraction of sp³-hybridized carbons (Fsp3) is 0.920. The minimum Gasteiger partial charge on any atom is -0.461 e. The third kappa shape index (κ3) is 8.20. The number of ether oxygens (including phenoxy) is 2. The van der Waals surface area contributed by atoms with Gasteiger partial charge in [-0.25, -0.2) is 0 Å². The molecule has 2 bridgehead atoms. The molecule has 2 fully saturated rings. The van der Waals surface area contributed by atoms with Crippen LogP contribution >= 0.6 is 0 Å². The van der Waals surface area contributed by atoms with Crippen LogP contribution in [-0.4, -0.2) is 48.2 Å². The Hall–Kier alpha value is -1.10. The summed E-state index contributed by atoms with van der Waals surface area (Å²) >= 11 is 0. The number of unbranched alkanes of at least 4 members (excludes halogenated alkanes) is 8. The molecule has 0 aliphatic carbocycles. The summed E-state index contributed by atoms with van der Waals surface area (Å²) in [6.45, 7) is 4.40. The number of esters is 2. The molecule has 0 saturated carbocycles. The van der Waals surface area contributed by atoms with Crippen LogP contribution in [0.4, 0.5) is 0 Å². The van der Waals surface area contributed by atoms with Crippen molar-refractivity contribution in [3.05, 3.63) is 0 Å². The average Bonchev–Trinajstić information content (AvgIpc) is 2.71. The highest BCUT2D eigenvalue weighted by atomic mass is 16.6. The largest absolute Gasteiger partial charge is 0.461 e. The quantitative estimate of drug-likeness (QED) is 0.261. The van der Waals surface area contributed by atoms with Crippen LogP contribution in [0.1, 0.15) is 117 Å². The molecule has 4 unspecified atom stereocenters. The van der Waals surface area contributed by atoms with E-state index in [2.05, 4.69) is 25.8 Å². The van der Waals surface area contributed by atoms with Crippen LogP contribution in [-0.2, 0) is 19.1 Å². The topological polar surface area (TPSA) is 55.8 Å². The van der Waals surface area contributed by atoms with Gasteiger partial charge in [0.15, 0.2) is 0 Å². The van der Waals surface area contributed by atoms with Gasteiger partial charge in [-0.2, -0.15) is 0 Å². The molecule has 0 N–H and O–H groups in total. The molecular formula is C25H45NO4. The van der Waals surface area contributed by atoms with Gasteiger partial charge in [0.05, 0.1) is 0 Å². The van der Waals surface area contributed by atoms with E-state index in [1.165, 1.54) is 38.5 Å². The Morgan fingerprint density at radius 3 is 1.47 bits per heavy atom. The predicted molar refractivity (Wildman–Crippen MR) is 120 cm³/mol. The average molecular weight is 424 g/mol. The Morgan fingerprint density at radius 2 is 1.07 bits per heavy atom. The Balaban J connectivity index is 1.70. The van der Waals surface area contributed by atoms with Gasteiger partial charge in [-0.1, -0.05) is 65.2 Å². The van der Waals surface area contributed by atoms with Crippen LogP contribution < -0.4 is 0 Å². The molecule has 0 amide bonds. The van der Waals surface area contributed by atoms with Gasteiger partial charge in [-0.05, 0) is 45.6 Å². The number of carbonyl (C=O) groups excluding carboxylic acids is 2. The first kappa shape index (κ1) is 25.2. The molecule has 0 aromatic rings. The van der Waals surface area contributed by atoms with E-state index in [0.717, 1.165) is 51.4 Å². The van der Waals surface area contributed by atoms with Crippen molar-refractivity contribution in [1.82, 2.24) is 4.90 Å². The Kier molecular flexibility index (Phi) is 11.8. The molecule has 0 radical (unpaired) electrons. The monoisotopic (exact) mass is 423 g/mol. The maximum Gasteiger partial charge on any atom is 0.306 e. The van der Waals surface area contributed by atoms with Gasteiger partial charge >= 0.3 is 11.9 Å². The van der Waals surface area contributed by atoms with Gasteiger partial charge < -0.3 is 9.47 Å². The molecular weight excluding hydrogens is 378 g/mol. The van der Waals surface area contributed by atoms with Crippen molar-refractivity contribution in [1.29, 1.82) is 0 Å². The number of rotatable bonds is 14. The van der Waals surface area contributed by atoms with Gasteiger partial charge in [0.1, 0.15) is 12.2 Å². The normalized spacial score (nSPS) is 26.4. The number of fused-ring (bicyclic) bond motifs is 2. The third-order valence-corrected chi connectivity index (χ3v) is 6.93. The zero-order valence-corrected chi connectivity index (χ0v) is 19.7. The highest BCUT2D eigenvalue weighted by molar-refractivity contribution is 5.70. The molecule has 0 spiro atoms. The van der Waals surface area contributed by atoms with Gasteiger partial charge in [-0.15, -0.1) is 0 Å². The number of likely N-dealkylation sites (N-methyl/N-ethyl adjacent to an activating group) is 1. The lowest BCUT2D eigenvalue weighted by atomic mass is 9.81.